The van der Waals surface area contributed by atoms with Crippen LogP contribution in [0.1, 0.15) is 11.1 Å². The zero-order valence-electron chi connectivity index (χ0n) is 20.3. The fraction of sp³-hybridized carbons (Fsp3) is 0.500. The highest BCUT2D eigenvalue weighted by Crippen LogP contribution is 2.58. The monoisotopic (exact) mass is 508 g/mol. The number of rotatable bonds is 7. The number of ether oxygens (including phenoxy) is 7. The quantitative estimate of drug-likeness (QED) is 0.409. The van der Waals surface area contributed by atoms with Crippen molar-refractivity contribution in [3.63, 3.8) is 0 Å². The third-order valence-corrected chi connectivity index (χ3v) is 7.33. The molecule has 35 heavy (non-hydrogen) atoms. The van der Waals surface area contributed by atoms with E-state index in [2.05, 4.69) is 0 Å². The molecule has 0 N–H and O–H groups in total. The van der Waals surface area contributed by atoms with Crippen LogP contribution in [0.2, 0.25) is 0 Å². The molecule has 1 aliphatic carbocycles. The van der Waals surface area contributed by atoms with Gasteiger partial charge in [-0.2, -0.15) is 8.42 Å². The van der Waals surface area contributed by atoms with Crippen LogP contribution in [0.3, 0.4) is 0 Å². The largest absolute Gasteiger partial charge is 0.493 e. The van der Waals surface area contributed by atoms with Crippen LogP contribution in [0.15, 0.2) is 12.1 Å². The summed E-state index contributed by atoms with van der Waals surface area (Å²) in [6, 6.07) is 3.79. The number of hydrogen-bond donors (Lipinski definition) is 0. The molecule has 5 rings (SSSR count). The lowest BCUT2D eigenvalue weighted by atomic mass is 9.76. The summed E-state index contributed by atoms with van der Waals surface area (Å²) in [5, 5.41) is 0. The average molecular weight is 509 g/mol. The van der Waals surface area contributed by atoms with E-state index in [-0.39, 0.29) is 19.3 Å². The second-order valence-electron chi connectivity index (χ2n) is 8.78. The first kappa shape index (κ1) is 23.8. The van der Waals surface area contributed by atoms with Gasteiger partial charge in [-0.1, -0.05) is 0 Å². The summed E-state index contributed by atoms with van der Waals surface area (Å²) in [5.74, 6) is 2.73. The van der Waals surface area contributed by atoms with Crippen molar-refractivity contribution in [2.45, 2.75) is 18.4 Å². The molecule has 0 aromatic heterocycles. The molecule has 1 spiro atoms. The minimum absolute atomic E-state index is 0.0191. The van der Waals surface area contributed by atoms with Crippen molar-refractivity contribution in [1.29, 1.82) is 0 Å². The number of fused-ring (bicyclic) bond motifs is 4. The Hall–Kier alpha value is -2.89. The lowest BCUT2D eigenvalue weighted by Gasteiger charge is -2.31. The number of epoxide rings is 1. The fourth-order valence-electron chi connectivity index (χ4n) is 5.08. The highest BCUT2D eigenvalue weighted by atomic mass is 32.2. The van der Waals surface area contributed by atoms with Gasteiger partial charge in [-0.15, -0.1) is 0 Å². The van der Waals surface area contributed by atoms with Crippen LogP contribution in [-0.4, -0.2) is 68.7 Å². The molecule has 2 heterocycles. The average Bonchev–Trinajstić information content (AvgIpc) is 3.45. The van der Waals surface area contributed by atoms with E-state index < -0.39 is 15.7 Å². The predicted molar refractivity (Wildman–Crippen MR) is 125 cm³/mol. The van der Waals surface area contributed by atoms with Crippen LogP contribution >= 0.6 is 0 Å². The van der Waals surface area contributed by atoms with E-state index >= 15 is 0 Å². The van der Waals surface area contributed by atoms with Gasteiger partial charge in [-0.05, 0) is 29.7 Å². The van der Waals surface area contributed by atoms with Crippen molar-refractivity contribution in [3.8, 4) is 45.6 Å². The van der Waals surface area contributed by atoms with Crippen molar-refractivity contribution in [1.82, 2.24) is 0 Å². The lowest BCUT2D eigenvalue weighted by molar-refractivity contribution is 0.149. The van der Waals surface area contributed by atoms with Crippen molar-refractivity contribution in [2.24, 2.45) is 5.92 Å². The molecule has 1 saturated heterocycles. The molecule has 0 radical (unpaired) electrons. The van der Waals surface area contributed by atoms with E-state index in [4.69, 9.17) is 37.3 Å². The zero-order valence-corrected chi connectivity index (χ0v) is 21.1. The van der Waals surface area contributed by atoms with Crippen molar-refractivity contribution in [3.05, 3.63) is 23.3 Å². The van der Waals surface area contributed by atoms with Crippen LogP contribution in [0.4, 0.5) is 0 Å². The van der Waals surface area contributed by atoms with Gasteiger partial charge in [0.25, 0.3) is 10.1 Å². The first-order valence-corrected chi connectivity index (χ1v) is 12.9. The van der Waals surface area contributed by atoms with E-state index in [0.717, 1.165) is 28.5 Å². The SMILES string of the molecule is COc1cc2c(c(OC)c1OC)-c1c(cc3c(c1OC)OCO3)C[C@H](COS(C)(=O)=O)[C@@]1(CO1)C2. The van der Waals surface area contributed by atoms with Gasteiger partial charge < -0.3 is 33.2 Å². The maximum atomic E-state index is 11.8. The number of methoxy groups -OCH3 is 4. The number of hydrogen-bond acceptors (Lipinski definition) is 10. The highest BCUT2D eigenvalue weighted by molar-refractivity contribution is 7.85. The smallest absolute Gasteiger partial charge is 0.264 e. The molecular weight excluding hydrogens is 480 g/mol. The van der Waals surface area contributed by atoms with Gasteiger partial charge in [0.15, 0.2) is 23.0 Å². The Balaban J connectivity index is 1.80. The molecule has 2 aliphatic heterocycles. The molecule has 10 nitrogen and oxygen atoms in total. The van der Waals surface area contributed by atoms with E-state index in [9.17, 15) is 8.42 Å². The van der Waals surface area contributed by atoms with Gasteiger partial charge in [0.2, 0.25) is 18.3 Å². The Bertz CT molecular complexity index is 1270. The summed E-state index contributed by atoms with van der Waals surface area (Å²) >= 11 is 0. The molecule has 2 aromatic rings. The molecule has 2 aromatic carbocycles. The molecule has 0 unspecified atom stereocenters. The topological polar surface area (TPSA) is 111 Å². The van der Waals surface area contributed by atoms with Crippen molar-refractivity contribution >= 4 is 10.1 Å². The molecule has 0 saturated carbocycles. The summed E-state index contributed by atoms with van der Waals surface area (Å²) in [5.41, 5.74) is 2.65. The minimum atomic E-state index is -3.64. The molecule has 0 amide bonds. The van der Waals surface area contributed by atoms with E-state index in [1.807, 2.05) is 12.1 Å². The van der Waals surface area contributed by atoms with Crippen LogP contribution in [0.5, 0.6) is 34.5 Å². The Kier molecular flexibility index (Phi) is 5.89. The molecule has 1 fully saturated rings. The van der Waals surface area contributed by atoms with Gasteiger partial charge in [-0.25, -0.2) is 0 Å². The van der Waals surface area contributed by atoms with E-state index in [0.29, 0.717) is 53.9 Å². The summed E-state index contributed by atoms with van der Waals surface area (Å²) in [6.07, 6.45) is 1.98. The number of benzene rings is 2. The van der Waals surface area contributed by atoms with E-state index in [1.165, 1.54) is 0 Å². The van der Waals surface area contributed by atoms with Gasteiger partial charge in [0.1, 0.15) is 5.60 Å². The van der Waals surface area contributed by atoms with Gasteiger partial charge >= 0.3 is 0 Å². The normalized spacial score (nSPS) is 22.0. The first-order chi connectivity index (χ1) is 16.7. The summed E-state index contributed by atoms with van der Waals surface area (Å²) in [4.78, 5) is 0. The maximum Gasteiger partial charge on any atom is 0.264 e. The second-order valence-corrected chi connectivity index (χ2v) is 10.4. The molecule has 0 bridgehead atoms. The summed E-state index contributed by atoms with van der Waals surface area (Å²) in [7, 11) is 2.61. The second kappa shape index (κ2) is 8.65. The highest BCUT2D eigenvalue weighted by Gasteiger charge is 2.53. The van der Waals surface area contributed by atoms with Crippen molar-refractivity contribution in [2.75, 3.05) is 54.7 Å². The summed E-state index contributed by atoms with van der Waals surface area (Å²) < 4.78 is 69.4. The Morgan fingerprint density at radius 2 is 1.63 bits per heavy atom. The molecule has 3 aliphatic rings. The third-order valence-electron chi connectivity index (χ3n) is 6.77. The van der Waals surface area contributed by atoms with Crippen LogP contribution in [0, 0.1) is 5.92 Å². The van der Waals surface area contributed by atoms with Crippen LogP contribution < -0.4 is 28.4 Å². The summed E-state index contributed by atoms with van der Waals surface area (Å²) in [6.45, 7) is 0.519. The van der Waals surface area contributed by atoms with Crippen LogP contribution in [-0.2, 0) is 31.9 Å². The fourth-order valence-corrected chi connectivity index (χ4v) is 5.49. The third kappa shape index (κ3) is 4.01. The van der Waals surface area contributed by atoms with Gasteiger partial charge in [0.05, 0.1) is 47.9 Å². The minimum Gasteiger partial charge on any atom is -0.493 e. The predicted octanol–water partition coefficient (Wildman–Crippen LogP) is 2.58. The van der Waals surface area contributed by atoms with Crippen LogP contribution in [0.25, 0.3) is 11.1 Å². The Morgan fingerprint density at radius 1 is 0.943 bits per heavy atom. The van der Waals surface area contributed by atoms with Crippen molar-refractivity contribution < 1.29 is 45.8 Å². The van der Waals surface area contributed by atoms with Gasteiger partial charge in [-0.3, -0.25) is 4.18 Å². The molecular formula is C24H28O10S. The standard InChI is InChI=1S/C24H28O10S/c1-27-16-8-14-9-24(11-33-24)15(10-34-35(5,25)26)6-13-7-17-21(32-12-31-17)23(30-4)18(13)19(14)22(29-3)20(16)28-2/h7-8,15H,6,9-12H2,1-5H3/t15-,24+/m1/s1. The Morgan fingerprint density at radius 3 is 2.23 bits per heavy atom. The zero-order chi connectivity index (χ0) is 25.0. The van der Waals surface area contributed by atoms with E-state index in [1.54, 1.807) is 28.4 Å². The molecule has 11 heteroatoms. The first-order valence-electron chi connectivity index (χ1n) is 11.0. The maximum absolute atomic E-state index is 11.8. The lowest BCUT2D eigenvalue weighted by Crippen LogP contribution is -2.35. The van der Waals surface area contributed by atoms with Gasteiger partial charge in [0, 0.05) is 23.5 Å². The Labute approximate surface area is 204 Å². The molecule has 190 valence electrons. The molecule has 2 atom stereocenters.